The van der Waals surface area contributed by atoms with Crippen LogP contribution in [0.2, 0.25) is 0 Å². The molecule has 1 saturated heterocycles. The summed E-state index contributed by atoms with van der Waals surface area (Å²) in [6.45, 7) is 1.42. The zero-order chi connectivity index (χ0) is 24.2. The van der Waals surface area contributed by atoms with Crippen molar-refractivity contribution in [3.8, 4) is 6.07 Å². The van der Waals surface area contributed by atoms with Crippen molar-refractivity contribution in [1.82, 2.24) is 9.62 Å². The largest absolute Gasteiger partial charge is 0.368 e. The highest BCUT2D eigenvalue weighted by molar-refractivity contribution is 7.90. The quantitative estimate of drug-likeness (QED) is 0.610. The first-order valence-corrected chi connectivity index (χ1v) is 12.9. The van der Waals surface area contributed by atoms with E-state index in [1.807, 2.05) is 25.1 Å². The van der Waals surface area contributed by atoms with Crippen LogP contribution in [0.4, 0.5) is 10.1 Å². The number of amides is 1. The van der Waals surface area contributed by atoms with E-state index in [2.05, 4.69) is 9.62 Å². The van der Waals surface area contributed by atoms with Gasteiger partial charge in [-0.25, -0.2) is 17.5 Å². The third-order valence-electron chi connectivity index (χ3n) is 6.73. The second-order valence-corrected chi connectivity index (χ2v) is 10.9. The number of carbonyl (C=O) groups excluding carboxylic acids is 1. The van der Waals surface area contributed by atoms with Crippen LogP contribution in [-0.2, 0) is 19.6 Å². The van der Waals surface area contributed by atoms with Gasteiger partial charge < -0.3 is 14.5 Å². The van der Waals surface area contributed by atoms with Crippen molar-refractivity contribution in [3.05, 3.63) is 23.5 Å². The Bertz CT molecular complexity index is 1020. The molecule has 1 aromatic rings. The monoisotopic (exact) mass is 480 g/mol. The lowest BCUT2D eigenvalue weighted by atomic mass is 9.84. The molecule has 2 aliphatic rings. The topological polar surface area (TPSA) is 103 Å². The minimum Gasteiger partial charge on any atom is -0.368 e. The van der Waals surface area contributed by atoms with Gasteiger partial charge in [0.2, 0.25) is 0 Å². The Morgan fingerprint density at radius 1 is 1.30 bits per heavy atom. The number of benzene rings is 1. The first-order chi connectivity index (χ1) is 15.6. The van der Waals surface area contributed by atoms with E-state index in [1.165, 1.54) is 7.11 Å². The number of nitriles is 1. The van der Waals surface area contributed by atoms with Gasteiger partial charge >= 0.3 is 0 Å². The van der Waals surface area contributed by atoms with Crippen LogP contribution in [0.3, 0.4) is 0 Å². The molecule has 1 aromatic carbocycles. The van der Waals surface area contributed by atoms with E-state index in [0.29, 0.717) is 19.4 Å². The molecule has 0 radical (unpaired) electrons. The number of rotatable bonds is 8. The molecule has 0 aromatic heterocycles. The maximum absolute atomic E-state index is 15.3. The van der Waals surface area contributed by atoms with Crippen LogP contribution in [-0.4, -0.2) is 65.2 Å². The minimum atomic E-state index is -4.38. The zero-order valence-electron chi connectivity index (χ0n) is 19.6. The number of nitrogens with zero attached hydrogens (tertiary/aromatic N) is 3. The molecule has 1 saturated carbocycles. The number of hydrogen-bond acceptors (Lipinski definition) is 7. The highest BCUT2D eigenvalue weighted by atomic mass is 32.2. The van der Waals surface area contributed by atoms with Crippen LogP contribution in [0.25, 0.3) is 0 Å². The molecule has 1 atom stereocenters. The Kier molecular flexibility index (Phi) is 7.98. The van der Waals surface area contributed by atoms with E-state index in [0.717, 1.165) is 57.2 Å². The summed E-state index contributed by atoms with van der Waals surface area (Å²) in [5, 5.41) is 9.71. The number of sulfonamides is 1. The summed E-state index contributed by atoms with van der Waals surface area (Å²) in [7, 11) is 0.944. The van der Waals surface area contributed by atoms with Crippen LogP contribution < -0.4 is 9.62 Å². The number of halogens is 1. The van der Waals surface area contributed by atoms with Gasteiger partial charge in [-0.3, -0.25) is 4.79 Å². The van der Waals surface area contributed by atoms with Crippen molar-refractivity contribution < 1.29 is 22.3 Å². The molecule has 0 unspecified atom stereocenters. The fraction of sp³-hybridized carbons (Fsp3) is 0.652. The molecule has 2 fully saturated rings. The molecule has 1 N–H and O–H groups in total. The third kappa shape index (κ3) is 5.48. The molecule has 1 aliphatic heterocycles. The first kappa shape index (κ1) is 25.4. The number of anilines is 1. The van der Waals surface area contributed by atoms with Crippen molar-refractivity contribution in [3.63, 3.8) is 0 Å². The maximum atomic E-state index is 15.3. The van der Waals surface area contributed by atoms with E-state index in [-0.39, 0.29) is 17.3 Å². The molecule has 1 heterocycles. The second kappa shape index (κ2) is 10.4. The summed E-state index contributed by atoms with van der Waals surface area (Å²) in [4.78, 5) is 16.3. The van der Waals surface area contributed by atoms with Gasteiger partial charge in [0.25, 0.3) is 15.9 Å². The lowest BCUT2D eigenvalue weighted by Gasteiger charge is -2.34. The molecule has 0 bridgehead atoms. The van der Waals surface area contributed by atoms with Gasteiger partial charge in [0, 0.05) is 19.7 Å². The van der Waals surface area contributed by atoms with Crippen LogP contribution in [0.15, 0.2) is 17.0 Å². The Labute approximate surface area is 195 Å². The predicted octanol–water partition coefficient (Wildman–Crippen LogP) is 2.77. The fourth-order valence-corrected chi connectivity index (χ4v) is 5.94. The lowest BCUT2D eigenvalue weighted by Crippen LogP contribution is -2.51. The number of nitrogens with one attached hydrogen (secondary N) is 1. The summed E-state index contributed by atoms with van der Waals surface area (Å²) in [5.41, 5.74) is -1.14. The highest BCUT2D eigenvalue weighted by Crippen LogP contribution is 2.35. The third-order valence-corrected chi connectivity index (χ3v) is 8.04. The van der Waals surface area contributed by atoms with Crippen LogP contribution in [0.1, 0.15) is 56.9 Å². The van der Waals surface area contributed by atoms with Crippen molar-refractivity contribution >= 4 is 21.6 Å². The molecule has 3 rings (SSSR count). The number of ether oxygens (including phenoxy) is 1. The number of methoxy groups -OCH3 is 1. The summed E-state index contributed by atoms with van der Waals surface area (Å²) < 4.78 is 48.7. The fourth-order valence-electron chi connectivity index (χ4n) is 4.86. The van der Waals surface area contributed by atoms with Crippen molar-refractivity contribution in [2.45, 2.75) is 67.9 Å². The van der Waals surface area contributed by atoms with Gasteiger partial charge in [0.1, 0.15) is 17.5 Å². The van der Waals surface area contributed by atoms with Crippen LogP contribution in [0, 0.1) is 17.1 Å². The Morgan fingerprint density at radius 2 is 2.00 bits per heavy atom. The van der Waals surface area contributed by atoms with E-state index in [4.69, 9.17) is 4.74 Å². The van der Waals surface area contributed by atoms with E-state index in [1.54, 1.807) is 0 Å². The molecule has 1 amide bonds. The van der Waals surface area contributed by atoms with Crippen molar-refractivity contribution in [2.24, 2.45) is 0 Å². The molecule has 1 aliphatic carbocycles. The first-order valence-electron chi connectivity index (χ1n) is 11.4. The van der Waals surface area contributed by atoms with Crippen LogP contribution >= 0.6 is 0 Å². The molecular formula is C23H33FN4O4S. The Morgan fingerprint density at radius 3 is 2.61 bits per heavy atom. The predicted molar refractivity (Wildman–Crippen MR) is 123 cm³/mol. The zero-order valence-corrected chi connectivity index (χ0v) is 20.4. The van der Waals surface area contributed by atoms with Crippen LogP contribution in [0.5, 0.6) is 0 Å². The van der Waals surface area contributed by atoms with E-state index < -0.39 is 32.2 Å². The number of hydrogen-bond donors (Lipinski definition) is 1. The molecule has 182 valence electrons. The molecule has 8 nitrogen and oxygen atoms in total. The molecule has 33 heavy (non-hydrogen) atoms. The van der Waals surface area contributed by atoms with Gasteiger partial charge in [0.15, 0.2) is 0 Å². The molecular weight excluding hydrogens is 447 g/mol. The Hall–Kier alpha value is -2.22. The number of carbonyl (C=O) groups is 1. The Balaban J connectivity index is 1.88. The average molecular weight is 481 g/mol. The van der Waals surface area contributed by atoms with Gasteiger partial charge in [-0.2, -0.15) is 5.26 Å². The van der Waals surface area contributed by atoms with Gasteiger partial charge in [-0.05, 0) is 64.9 Å². The van der Waals surface area contributed by atoms with E-state index >= 15 is 4.39 Å². The lowest BCUT2D eigenvalue weighted by molar-refractivity contribution is -0.145. The van der Waals surface area contributed by atoms with Gasteiger partial charge in [-0.15, -0.1) is 0 Å². The van der Waals surface area contributed by atoms with Gasteiger partial charge in [-0.1, -0.05) is 19.3 Å². The van der Waals surface area contributed by atoms with Gasteiger partial charge in [0.05, 0.1) is 16.1 Å². The maximum Gasteiger partial charge on any atom is 0.265 e. The standard InChI is InChI=1S/C23H33FN4O4S/c1-27(2)13-9-18-8-7-12-28(18)21-17(16-25)14-19(15-20(21)24)33(30,31)26-22(29)23(32-3)10-5-4-6-11-23/h14-15,18H,4-13H2,1-3H3,(H,26,29)/t18-/m0/s1. The van der Waals surface area contributed by atoms with Crippen molar-refractivity contribution in [1.29, 1.82) is 5.26 Å². The SMILES string of the molecule is COC1(C(=O)NS(=O)(=O)c2cc(F)c(N3CCC[C@H]3CCN(C)C)c(C#N)c2)CCCCC1. The summed E-state index contributed by atoms with van der Waals surface area (Å²) >= 11 is 0. The molecule has 0 spiro atoms. The smallest absolute Gasteiger partial charge is 0.265 e. The summed E-state index contributed by atoms with van der Waals surface area (Å²) in [6, 6.07) is 4.07. The van der Waals surface area contributed by atoms with E-state index in [9.17, 15) is 18.5 Å². The second-order valence-electron chi connectivity index (χ2n) is 9.19. The highest BCUT2D eigenvalue weighted by Gasteiger charge is 2.42. The molecule has 10 heteroatoms. The average Bonchev–Trinajstić information content (AvgIpc) is 3.25. The minimum absolute atomic E-state index is 0.0568. The summed E-state index contributed by atoms with van der Waals surface area (Å²) in [5.74, 6) is -1.53. The summed E-state index contributed by atoms with van der Waals surface area (Å²) in [6.07, 6.45) is 5.88. The van der Waals surface area contributed by atoms with Crippen molar-refractivity contribution in [2.75, 3.05) is 39.2 Å². The normalized spacial score (nSPS) is 20.6.